The maximum absolute atomic E-state index is 13.2. The Morgan fingerprint density at radius 1 is 1.12 bits per heavy atom. The molecule has 0 bridgehead atoms. The van der Waals surface area contributed by atoms with Crippen LogP contribution in [0, 0.1) is 0 Å². The fraction of sp³-hybridized carbons (Fsp3) is 0.167. The Morgan fingerprint density at radius 2 is 1.97 bits per heavy atom. The topological polar surface area (TPSA) is 81.4 Å². The molecule has 0 fully saturated rings. The highest BCUT2D eigenvalue weighted by atomic mass is 79.9. The van der Waals surface area contributed by atoms with Crippen molar-refractivity contribution in [3.8, 4) is 28.5 Å². The van der Waals surface area contributed by atoms with Crippen LogP contribution in [0.4, 0.5) is 5.69 Å². The lowest BCUT2D eigenvalue weighted by molar-refractivity contribution is -0.120. The molecule has 1 atom stereocenters. The minimum atomic E-state index is -0.854. The third-order valence-electron chi connectivity index (χ3n) is 5.24. The molecule has 1 amide bonds. The third kappa shape index (κ3) is 4.02. The molecule has 0 N–H and O–H groups in total. The first kappa shape index (κ1) is 21.7. The van der Waals surface area contributed by atoms with Gasteiger partial charge in [-0.3, -0.25) is 9.69 Å². The Balaban J connectivity index is 1.68. The molecule has 0 saturated heterocycles. The van der Waals surface area contributed by atoms with Gasteiger partial charge < -0.3 is 9.15 Å². The Labute approximate surface area is 203 Å². The number of amides is 1. The van der Waals surface area contributed by atoms with Crippen molar-refractivity contribution in [3.05, 3.63) is 70.9 Å². The third-order valence-corrected chi connectivity index (χ3v) is 6.28. The number of benzene rings is 2. The molecule has 1 aliphatic rings. The Kier molecular flexibility index (Phi) is 5.90. The van der Waals surface area contributed by atoms with Crippen LogP contribution in [0.25, 0.3) is 22.6 Å². The van der Waals surface area contributed by atoms with Crippen molar-refractivity contribution in [1.29, 1.82) is 0 Å². The standard InChI is InChI=1S/C24H19BrN4O3S/c1-3-20(30)29-17-10-5-4-9-16(17)21-22(26-24(33-2)28-27-21)32-23(29)19-12-11-18(31-19)14-7-6-8-15(25)13-14/h4-13,23H,3H2,1-2H3/t23-/m1/s1. The molecular weight excluding hydrogens is 504 g/mol. The number of hydrogen-bond acceptors (Lipinski definition) is 7. The summed E-state index contributed by atoms with van der Waals surface area (Å²) < 4.78 is 13.5. The number of para-hydroxylation sites is 1. The molecule has 166 valence electrons. The van der Waals surface area contributed by atoms with E-state index in [4.69, 9.17) is 9.15 Å². The predicted octanol–water partition coefficient (Wildman–Crippen LogP) is 6.12. The van der Waals surface area contributed by atoms with E-state index >= 15 is 0 Å². The fourth-order valence-corrected chi connectivity index (χ4v) is 4.40. The SMILES string of the molecule is CCC(=O)N1c2ccccc2-c2nnc(SC)nc2O[C@@H]1c1ccc(-c2cccc(Br)c2)o1. The molecule has 33 heavy (non-hydrogen) atoms. The number of halogens is 1. The summed E-state index contributed by atoms with van der Waals surface area (Å²) in [5, 5.41) is 9.03. The van der Waals surface area contributed by atoms with Gasteiger partial charge in [-0.25, -0.2) is 0 Å². The summed E-state index contributed by atoms with van der Waals surface area (Å²) in [7, 11) is 0. The summed E-state index contributed by atoms with van der Waals surface area (Å²) in [6.45, 7) is 1.82. The summed E-state index contributed by atoms with van der Waals surface area (Å²) in [4.78, 5) is 19.4. The van der Waals surface area contributed by atoms with Crippen LogP contribution in [0.15, 0.2) is 74.7 Å². The van der Waals surface area contributed by atoms with Crippen LogP contribution in [0.5, 0.6) is 5.88 Å². The van der Waals surface area contributed by atoms with Gasteiger partial charge in [-0.2, -0.15) is 4.98 Å². The van der Waals surface area contributed by atoms with Gasteiger partial charge in [0, 0.05) is 22.0 Å². The van der Waals surface area contributed by atoms with Crippen LogP contribution in [-0.4, -0.2) is 27.3 Å². The van der Waals surface area contributed by atoms with E-state index in [-0.39, 0.29) is 5.91 Å². The van der Waals surface area contributed by atoms with Crippen molar-refractivity contribution < 1.29 is 13.9 Å². The lowest BCUT2D eigenvalue weighted by Gasteiger charge is -2.29. The molecule has 2 aromatic carbocycles. The first-order chi connectivity index (χ1) is 16.1. The van der Waals surface area contributed by atoms with Crippen molar-refractivity contribution in [2.24, 2.45) is 0 Å². The first-order valence-corrected chi connectivity index (χ1v) is 12.3. The average molecular weight is 523 g/mol. The molecule has 1 aliphatic heterocycles. The van der Waals surface area contributed by atoms with Crippen molar-refractivity contribution in [2.45, 2.75) is 24.7 Å². The van der Waals surface area contributed by atoms with E-state index in [0.717, 1.165) is 15.6 Å². The molecule has 0 aliphatic carbocycles. The van der Waals surface area contributed by atoms with Crippen molar-refractivity contribution in [2.75, 3.05) is 11.2 Å². The van der Waals surface area contributed by atoms with Crippen LogP contribution in [0.1, 0.15) is 25.3 Å². The number of furan rings is 1. The van der Waals surface area contributed by atoms with Crippen LogP contribution < -0.4 is 9.64 Å². The Bertz CT molecular complexity index is 1340. The highest BCUT2D eigenvalue weighted by Gasteiger charge is 2.37. The van der Waals surface area contributed by atoms with E-state index in [1.54, 1.807) is 4.90 Å². The quantitative estimate of drug-likeness (QED) is 0.298. The Morgan fingerprint density at radius 3 is 2.76 bits per heavy atom. The summed E-state index contributed by atoms with van der Waals surface area (Å²) in [6.07, 6.45) is 1.31. The number of fused-ring (bicyclic) bond motifs is 3. The zero-order chi connectivity index (χ0) is 22.9. The molecule has 0 radical (unpaired) electrons. The van der Waals surface area contributed by atoms with Crippen molar-refractivity contribution in [1.82, 2.24) is 15.2 Å². The van der Waals surface area contributed by atoms with Gasteiger partial charge in [-0.05, 0) is 36.6 Å². The number of aromatic nitrogens is 3. The van der Waals surface area contributed by atoms with Crippen LogP contribution >= 0.6 is 27.7 Å². The number of nitrogens with zero attached hydrogens (tertiary/aromatic N) is 4. The van der Waals surface area contributed by atoms with Gasteiger partial charge in [-0.1, -0.05) is 64.9 Å². The summed E-state index contributed by atoms with van der Waals surface area (Å²) in [5.74, 6) is 1.35. The van der Waals surface area contributed by atoms with E-state index in [1.165, 1.54) is 11.8 Å². The second-order valence-electron chi connectivity index (χ2n) is 7.27. The number of carbonyl (C=O) groups excluding carboxylic acids is 1. The highest BCUT2D eigenvalue weighted by molar-refractivity contribution is 9.10. The predicted molar refractivity (Wildman–Crippen MR) is 130 cm³/mol. The molecule has 0 spiro atoms. The number of hydrogen-bond donors (Lipinski definition) is 0. The molecular formula is C24H19BrN4O3S. The van der Waals surface area contributed by atoms with E-state index in [2.05, 4.69) is 31.1 Å². The zero-order valence-corrected chi connectivity index (χ0v) is 20.3. The molecule has 5 rings (SSSR count). The van der Waals surface area contributed by atoms with E-state index in [0.29, 0.717) is 40.4 Å². The van der Waals surface area contributed by atoms with Gasteiger partial charge in [0.05, 0.1) is 5.69 Å². The van der Waals surface area contributed by atoms with Crippen molar-refractivity contribution in [3.63, 3.8) is 0 Å². The van der Waals surface area contributed by atoms with Crippen molar-refractivity contribution >= 4 is 39.3 Å². The summed E-state index contributed by atoms with van der Waals surface area (Å²) in [5.41, 5.74) is 2.79. The highest BCUT2D eigenvalue weighted by Crippen LogP contribution is 2.44. The lowest BCUT2D eigenvalue weighted by atomic mass is 10.1. The van der Waals surface area contributed by atoms with Gasteiger partial charge >= 0.3 is 0 Å². The number of rotatable bonds is 4. The van der Waals surface area contributed by atoms with Gasteiger partial charge in [0.2, 0.25) is 23.2 Å². The monoisotopic (exact) mass is 522 g/mol. The van der Waals surface area contributed by atoms with Crippen LogP contribution in [-0.2, 0) is 4.79 Å². The first-order valence-electron chi connectivity index (χ1n) is 10.3. The fourth-order valence-electron chi connectivity index (χ4n) is 3.71. The maximum Gasteiger partial charge on any atom is 0.247 e. The number of anilines is 1. The van der Waals surface area contributed by atoms with Crippen LogP contribution in [0.3, 0.4) is 0 Å². The molecule has 3 heterocycles. The molecule has 0 saturated carbocycles. The lowest BCUT2D eigenvalue weighted by Crippen LogP contribution is -2.37. The minimum Gasteiger partial charge on any atom is -0.455 e. The van der Waals surface area contributed by atoms with Gasteiger partial charge in [0.15, 0.2) is 11.5 Å². The normalized spacial score (nSPS) is 14.8. The maximum atomic E-state index is 13.2. The smallest absolute Gasteiger partial charge is 0.247 e. The summed E-state index contributed by atoms with van der Waals surface area (Å²) >= 11 is 4.87. The van der Waals surface area contributed by atoms with Gasteiger partial charge in [-0.15, -0.1) is 10.2 Å². The van der Waals surface area contributed by atoms with E-state index in [1.807, 2.05) is 73.8 Å². The molecule has 7 nitrogen and oxygen atoms in total. The number of ether oxygens (including phenoxy) is 1. The molecule has 2 aromatic heterocycles. The molecule has 4 aromatic rings. The number of carbonyl (C=O) groups is 1. The molecule has 0 unspecified atom stereocenters. The van der Waals surface area contributed by atoms with Gasteiger partial charge in [0.25, 0.3) is 0 Å². The number of thioether (sulfide) groups is 1. The minimum absolute atomic E-state index is 0.112. The Hall–Kier alpha value is -3.17. The summed E-state index contributed by atoms with van der Waals surface area (Å²) in [6, 6.07) is 19.1. The molecule has 9 heteroatoms. The average Bonchev–Trinajstić information content (AvgIpc) is 3.28. The van der Waals surface area contributed by atoms with E-state index in [9.17, 15) is 4.79 Å². The zero-order valence-electron chi connectivity index (χ0n) is 17.9. The van der Waals surface area contributed by atoms with Crippen LogP contribution in [0.2, 0.25) is 0 Å². The van der Waals surface area contributed by atoms with E-state index < -0.39 is 6.23 Å². The largest absolute Gasteiger partial charge is 0.455 e. The second-order valence-corrected chi connectivity index (χ2v) is 8.96. The van der Waals surface area contributed by atoms with Gasteiger partial charge in [0.1, 0.15) is 5.76 Å². The second kappa shape index (κ2) is 8.99.